The number of rotatable bonds is 2. The largest absolute Gasteiger partial charge is 0.268 e. The minimum absolute atomic E-state index is 0.164. The van der Waals surface area contributed by atoms with Crippen LogP contribution in [0.2, 0.25) is 5.15 Å². The van der Waals surface area contributed by atoms with E-state index in [1.165, 1.54) is 10.7 Å². The summed E-state index contributed by atoms with van der Waals surface area (Å²) in [6, 6.07) is 6.49. The molecule has 2 rings (SSSR count). The van der Waals surface area contributed by atoms with Crippen molar-refractivity contribution in [2.75, 3.05) is 0 Å². The van der Waals surface area contributed by atoms with Gasteiger partial charge in [0.15, 0.2) is 5.15 Å². The van der Waals surface area contributed by atoms with Crippen molar-refractivity contribution in [3.63, 3.8) is 0 Å². The maximum atomic E-state index is 11.5. The van der Waals surface area contributed by atoms with Gasteiger partial charge in [-0.15, -0.1) is 5.10 Å². The molecule has 0 unspecified atom stereocenters. The highest BCUT2D eigenvalue weighted by atomic mass is 35.5. The van der Waals surface area contributed by atoms with E-state index in [1.807, 2.05) is 6.92 Å². The number of aryl methyl sites for hydroxylation is 1. The summed E-state index contributed by atoms with van der Waals surface area (Å²) in [5.41, 5.74) is 1.26. The van der Waals surface area contributed by atoms with Gasteiger partial charge in [-0.25, -0.2) is 4.68 Å². The smallest absolute Gasteiger partial charge is 0.267 e. The Morgan fingerprint density at radius 2 is 2.06 bits per heavy atom. The number of nitrogens with zero attached hydrogens (tertiary/aromatic N) is 4. The Balaban J connectivity index is 2.30. The van der Waals surface area contributed by atoms with Gasteiger partial charge in [-0.05, 0) is 25.1 Å². The van der Waals surface area contributed by atoms with Gasteiger partial charge in [-0.2, -0.15) is 10.2 Å². The maximum absolute atomic E-state index is 11.5. The van der Waals surface area contributed by atoms with Gasteiger partial charge in [0.05, 0.1) is 17.9 Å². The SMILES string of the molecule is Cc1ccc(=O)n(Cc2ccc(Cl)nn2)n1. The molecule has 82 valence electrons. The topological polar surface area (TPSA) is 60.7 Å². The molecule has 0 bridgehead atoms. The van der Waals surface area contributed by atoms with E-state index < -0.39 is 0 Å². The fourth-order valence-corrected chi connectivity index (χ4v) is 1.35. The Hall–Kier alpha value is -1.75. The van der Waals surface area contributed by atoms with Crippen LogP contribution in [0.15, 0.2) is 29.1 Å². The summed E-state index contributed by atoms with van der Waals surface area (Å²) in [5, 5.41) is 12.0. The molecule has 0 atom stereocenters. The molecule has 0 aliphatic carbocycles. The highest BCUT2D eigenvalue weighted by Crippen LogP contribution is 2.02. The van der Waals surface area contributed by atoms with E-state index in [0.29, 0.717) is 17.4 Å². The van der Waals surface area contributed by atoms with Crippen LogP contribution in [0.1, 0.15) is 11.4 Å². The lowest BCUT2D eigenvalue weighted by molar-refractivity contribution is 0.612. The lowest BCUT2D eigenvalue weighted by atomic mass is 10.4. The number of hydrogen-bond donors (Lipinski definition) is 0. The molecule has 0 aromatic carbocycles. The molecule has 2 heterocycles. The first-order chi connectivity index (χ1) is 7.65. The molecule has 5 nitrogen and oxygen atoms in total. The Bertz CT molecular complexity index is 549. The van der Waals surface area contributed by atoms with Crippen LogP contribution < -0.4 is 5.56 Å². The fourth-order valence-electron chi connectivity index (χ4n) is 1.25. The van der Waals surface area contributed by atoms with E-state index >= 15 is 0 Å². The van der Waals surface area contributed by atoms with Crippen molar-refractivity contribution in [3.05, 3.63) is 51.2 Å². The van der Waals surface area contributed by atoms with Gasteiger partial charge < -0.3 is 0 Å². The predicted octanol–water partition coefficient (Wildman–Crippen LogP) is 1.04. The Morgan fingerprint density at radius 1 is 1.25 bits per heavy atom. The van der Waals surface area contributed by atoms with Crippen LogP contribution in [0.25, 0.3) is 0 Å². The molecule has 0 radical (unpaired) electrons. The molecule has 0 saturated carbocycles. The third-order valence-electron chi connectivity index (χ3n) is 2.00. The van der Waals surface area contributed by atoms with Crippen molar-refractivity contribution in [2.45, 2.75) is 13.5 Å². The summed E-state index contributed by atoms with van der Waals surface area (Å²) in [7, 11) is 0. The molecule has 16 heavy (non-hydrogen) atoms. The molecule has 0 spiro atoms. The van der Waals surface area contributed by atoms with Gasteiger partial charge >= 0.3 is 0 Å². The molecule has 0 N–H and O–H groups in total. The molecular weight excluding hydrogens is 228 g/mol. The van der Waals surface area contributed by atoms with Gasteiger partial charge in [-0.3, -0.25) is 4.79 Å². The average molecular weight is 237 g/mol. The second kappa shape index (κ2) is 4.40. The molecule has 2 aromatic heterocycles. The summed E-state index contributed by atoms with van der Waals surface area (Å²) < 4.78 is 1.34. The lowest BCUT2D eigenvalue weighted by Gasteiger charge is -2.03. The second-order valence-corrected chi connectivity index (χ2v) is 3.71. The summed E-state index contributed by atoms with van der Waals surface area (Å²) in [6.45, 7) is 2.12. The molecule has 0 fully saturated rings. The second-order valence-electron chi connectivity index (χ2n) is 3.32. The minimum atomic E-state index is -0.164. The quantitative estimate of drug-likeness (QED) is 0.782. The first-order valence-corrected chi connectivity index (χ1v) is 5.06. The summed E-state index contributed by atoms with van der Waals surface area (Å²) in [4.78, 5) is 11.5. The molecule has 2 aromatic rings. The van der Waals surface area contributed by atoms with E-state index in [1.54, 1.807) is 18.2 Å². The Morgan fingerprint density at radius 3 is 2.75 bits per heavy atom. The molecule has 0 amide bonds. The number of hydrogen-bond acceptors (Lipinski definition) is 4. The van der Waals surface area contributed by atoms with Gasteiger partial charge in [0.25, 0.3) is 5.56 Å². The first kappa shape index (κ1) is 10.8. The van der Waals surface area contributed by atoms with Gasteiger partial charge in [-0.1, -0.05) is 11.6 Å². The van der Waals surface area contributed by atoms with Crippen LogP contribution in [-0.2, 0) is 6.54 Å². The first-order valence-electron chi connectivity index (χ1n) is 4.68. The van der Waals surface area contributed by atoms with Crippen molar-refractivity contribution in [1.29, 1.82) is 0 Å². The van der Waals surface area contributed by atoms with Crippen molar-refractivity contribution in [2.24, 2.45) is 0 Å². The van der Waals surface area contributed by atoms with Gasteiger partial charge in [0, 0.05) is 6.07 Å². The number of halogens is 1. The van der Waals surface area contributed by atoms with E-state index in [2.05, 4.69) is 15.3 Å². The van der Waals surface area contributed by atoms with Crippen LogP contribution in [0.3, 0.4) is 0 Å². The molecular formula is C10H9ClN4O. The zero-order valence-electron chi connectivity index (χ0n) is 8.59. The summed E-state index contributed by atoms with van der Waals surface area (Å²) in [6.07, 6.45) is 0. The van der Waals surface area contributed by atoms with E-state index in [0.717, 1.165) is 5.69 Å². The molecule has 6 heteroatoms. The van der Waals surface area contributed by atoms with Crippen molar-refractivity contribution >= 4 is 11.6 Å². The van der Waals surface area contributed by atoms with Crippen LogP contribution in [0, 0.1) is 6.92 Å². The zero-order valence-corrected chi connectivity index (χ0v) is 9.35. The predicted molar refractivity (Wildman–Crippen MR) is 59.4 cm³/mol. The standard InChI is InChI=1S/C10H9ClN4O/c1-7-2-5-10(16)15(14-7)6-8-3-4-9(11)13-12-8/h2-5H,6H2,1H3. The maximum Gasteiger partial charge on any atom is 0.267 e. The van der Waals surface area contributed by atoms with Crippen LogP contribution >= 0.6 is 11.6 Å². The van der Waals surface area contributed by atoms with E-state index in [-0.39, 0.29) is 5.56 Å². The zero-order chi connectivity index (χ0) is 11.5. The summed E-state index contributed by atoms with van der Waals surface area (Å²) >= 11 is 5.61. The third kappa shape index (κ3) is 2.43. The van der Waals surface area contributed by atoms with E-state index in [4.69, 9.17) is 11.6 Å². The van der Waals surface area contributed by atoms with Gasteiger partial charge in [0.2, 0.25) is 0 Å². The highest BCUT2D eigenvalue weighted by molar-refractivity contribution is 6.29. The Kier molecular flexibility index (Phi) is 2.96. The van der Waals surface area contributed by atoms with Gasteiger partial charge in [0.1, 0.15) is 0 Å². The van der Waals surface area contributed by atoms with E-state index in [9.17, 15) is 4.79 Å². The normalized spacial score (nSPS) is 10.4. The third-order valence-corrected chi connectivity index (χ3v) is 2.20. The molecule has 0 saturated heterocycles. The van der Waals surface area contributed by atoms with Crippen LogP contribution in [0.4, 0.5) is 0 Å². The average Bonchev–Trinajstić information content (AvgIpc) is 2.27. The number of aromatic nitrogens is 4. The fraction of sp³-hybridized carbons (Fsp3) is 0.200. The Labute approximate surface area is 96.7 Å². The molecule has 0 aliphatic heterocycles. The highest BCUT2D eigenvalue weighted by Gasteiger charge is 2.01. The monoisotopic (exact) mass is 236 g/mol. The van der Waals surface area contributed by atoms with Crippen LogP contribution in [0.5, 0.6) is 0 Å². The van der Waals surface area contributed by atoms with Crippen LogP contribution in [-0.4, -0.2) is 20.0 Å². The van der Waals surface area contributed by atoms with Crippen molar-refractivity contribution in [1.82, 2.24) is 20.0 Å². The van der Waals surface area contributed by atoms with Crippen molar-refractivity contribution in [3.8, 4) is 0 Å². The lowest BCUT2D eigenvalue weighted by Crippen LogP contribution is -2.23. The molecule has 0 aliphatic rings. The summed E-state index contributed by atoms with van der Waals surface area (Å²) in [5.74, 6) is 0. The van der Waals surface area contributed by atoms with Crippen molar-refractivity contribution < 1.29 is 0 Å². The minimum Gasteiger partial charge on any atom is -0.268 e.